The maximum atomic E-state index is 8.18. The lowest BCUT2D eigenvalue weighted by Gasteiger charge is -2.03. The zero-order valence-electron chi connectivity index (χ0n) is 6.61. The van der Waals surface area contributed by atoms with Crippen LogP contribution in [0.5, 0.6) is 0 Å². The summed E-state index contributed by atoms with van der Waals surface area (Å²) in [5.74, 6) is 0. The molecule has 0 aliphatic carbocycles. The summed E-state index contributed by atoms with van der Waals surface area (Å²) in [6, 6.07) is 7.12. The Balaban J connectivity index is 2.89. The van der Waals surface area contributed by atoms with Gasteiger partial charge in [-0.2, -0.15) is 0 Å². The van der Waals surface area contributed by atoms with E-state index in [1.807, 2.05) is 19.1 Å². The summed E-state index contributed by atoms with van der Waals surface area (Å²) < 4.78 is 0. The molecule has 0 saturated carbocycles. The first kappa shape index (κ1) is 8.91. The Kier molecular flexibility index (Phi) is 2.97. The molecule has 0 aliphatic rings. The Morgan fingerprint density at radius 2 is 2.00 bits per heavy atom. The fourth-order valence-corrected chi connectivity index (χ4v) is 1.01. The van der Waals surface area contributed by atoms with Crippen LogP contribution >= 0.6 is 11.6 Å². The number of hydrogen-bond donors (Lipinski definition) is 0. The van der Waals surface area contributed by atoms with Crippen LogP contribution in [-0.2, 0) is 0 Å². The molecule has 0 heterocycles. The summed E-state index contributed by atoms with van der Waals surface area (Å²) in [7, 11) is 0. The van der Waals surface area contributed by atoms with Gasteiger partial charge in [-0.15, -0.1) is 0 Å². The molecule has 3 nitrogen and oxygen atoms in total. The van der Waals surface area contributed by atoms with Gasteiger partial charge in [-0.3, -0.25) is 0 Å². The SMILES string of the molecule is CC(N=[N+]=[N-])c1ccc(Cl)cc1. The Hall–Kier alpha value is -1.18. The lowest BCUT2D eigenvalue weighted by molar-refractivity contribution is 0.808. The van der Waals surface area contributed by atoms with E-state index < -0.39 is 0 Å². The molecular formula is C8H8ClN3. The van der Waals surface area contributed by atoms with Crippen LogP contribution in [0.3, 0.4) is 0 Å². The molecule has 0 bridgehead atoms. The van der Waals surface area contributed by atoms with Crippen molar-refractivity contribution in [1.82, 2.24) is 0 Å². The third kappa shape index (κ3) is 2.16. The molecule has 1 aromatic carbocycles. The lowest BCUT2D eigenvalue weighted by Crippen LogP contribution is -1.86. The number of hydrogen-bond acceptors (Lipinski definition) is 1. The van der Waals surface area contributed by atoms with Gasteiger partial charge in [-0.1, -0.05) is 35.8 Å². The Morgan fingerprint density at radius 1 is 1.42 bits per heavy atom. The average Bonchev–Trinajstić information content (AvgIpc) is 2.06. The highest BCUT2D eigenvalue weighted by Crippen LogP contribution is 2.18. The van der Waals surface area contributed by atoms with Gasteiger partial charge in [-0.05, 0) is 23.2 Å². The summed E-state index contributed by atoms with van der Waals surface area (Å²) in [4.78, 5) is 2.73. The molecule has 1 atom stereocenters. The average molecular weight is 182 g/mol. The second-order valence-corrected chi connectivity index (χ2v) is 2.87. The second kappa shape index (κ2) is 4.00. The summed E-state index contributed by atoms with van der Waals surface area (Å²) in [6.45, 7) is 1.84. The molecule has 4 heteroatoms. The lowest BCUT2D eigenvalue weighted by atomic mass is 10.1. The van der Waals surface area contributed by atoms with Crippen molar-refractivity contribution in [3.05, 3.63) is 45.3 Å². The summed E-state index contributed by atoms with van der Waals surface area (Å²) in [5.41, 5.74) is 9.15. The van der Waals surface area contributed by atoms with Crippen molar-refractivity contribution in [1.29, 1.82) is 0 Å². The molecule has 0 amide bonds. The van der Waals surface area contributed by atoms with E-state index in [-0.39, 0.29) is 6.04 Å². The van der Waals surface area contributed by atoms with Crippen LogP contribution in [0, 0.1) is 0 Å². The molecule has 1 unspecified atom stereocenters. The van der Waals surface area contributed by atoms with E-state index in [0.717, 1.165) is 5.56 Å². The molecule has 12 heavy (non-hydrogen) atoms. The van der Waals surface area contributed by atoms with Gasteiger partial charge in [0.25, 0.3) is 0 Å². The van der Waals surface area contributed by atoms with Crippen molar-refractivity contribution < 1.29 is 0 Å². The van der Waals surface area contributed by atoms with Gasteiger partial charge in [0.05, 0.1) is 6.04 Å². The number of azide groups is 1. The maximum absolute atomic E-state index is 8.18. The predicted octanol–water partition coefficient (Wildman–Crippen LogP) is 3.71. The van der Waals surface area contributed by atoms with Crippen molar-refractivity contribution in [2.24, 2.45) is 5.11 Å². The zero-order valence-corrected chi connectivity index (χ0v) is 7.36. The topological polar surface area (TPSA) is 48.8 Å². The van der Waals surface area contributed by atoms with E-state index in [1.54, 1.807) is 12.1 Å². The highest BCUT2D eigenvalue weighted by molar-refractivity contribution is 6.30. The van der Waals surface area contributed by atoms with Crippen LogP contribution in [0.1, 0.15) is 18.5 Å². The third-order valence-electron chi connectivity index (χ3n) is 1.58. The minimum atomic E-state index is -0.132. The molecule has 0 radical (unpaired) electrons. The van der Waals surface area contributed by atoms with Crippen LogP contribution in [0.15, 0.2) is 29.4 Å². The molecule has 62 valence electrons. The van der Waals surface area contributed by atoms with E-state index in [2.05, 4.69) is 10.0 Å². The standard InChI is InChI=1S/C8H8ClN3/c1-6(11-12-10)7-2-4-8(9)5-3-7/h2-6H,1H3. The normalized spacial score (nSPS) is 11.8. The van der Waals surface area contributed by atoms with Gasteiger partial charge in [0, 0.05) is 9.93 Å². The van der Waals surface area contributed by atoms with Crippen molar-refractivity contribution in [2.45, 2.75) is 13.0 Å². The van der Waals surface area contributed by atoms with E-state index in [0.29, 0.717) is 5.02 Å². The van der Waals surface area contributed by atoms with Gasteiger partial charge in [0.2, 0.25) is 0 Å². The number of rotatable bonds is 2. The maximum Gasteiger partial charge on any atom is 0.0597 e. The van der Waals surface area contributed by atoms with E-state index >= 15 is 0 Å². The minimum Gasteiger partial charge on any atom is -0.0862 e. The number of benzene rings is 1. The van der Waals surface area contributed by atoms with E-state index in [1.165, 1.54) is 0 Å². The first-order valence-electron chi connectivity index (χ1n) is 3.53. The summed E-state index contributed by atoms with van der Waals surface area (Å²) in [6.07, 6.45) is 0. The largest absolute Gasteiger partial charge is 0.0862 e. The second-order valence-electron chi connectivity index (χ2n) is 2.43. The Labute approximate surface area is 75.6 Å². The summed E-state index contributed by atoms with van der Waals surface area (Å²) >= 11 is 5.69. The van der Waals surface area contributed by atoms with Crippen LogP contribution in [0.4, 0.5) is 0 Å². The van der Waals surface area contributed by atoms with Crippen molar-refractivity contribution in [3.63, 3.8) is 0 Å². The minimum absolute atomic E-state index is 0.132. The monoisotopic (exact) mass is 181 g/mol. The van der Waals surface area contributed by atoms with Crippen molar-refractivity contribution >= 4 is 11.6 Å². The summed E-state index contributed by atoms with van der Waals surface area (Å²) in [5, 5.41) is 4.25. The number of halogens is 1. The highest BCUT2D eigenvalue weighted by Gasteiger charge is 2.00. The molecule has 0 fully saturated rings. The molecule has 0 spiro atoms. The van der Waals surface area contributed by atoms with Gasteiger partial charge in [-0.25, -0.2) is 0 Å². The van der Waals surface area contributed by atoms with Gasteiger partial charge < -0.3 is 0 Å². The fourth-order valence-electron chi connectivity index (χ4n) is 0.885. The van der Waals surface area contributed by atoms with E-state index in [9.17, 15) is 0 Å². The first-order chi connectivity index (χ1) is 5.74. The molecular weight excluding hydrogens is 174 g/mol. The molecule has 0 N–H and O–H groups in total. The van der Waals surface area contributed by atoms with E-state index in [4.69, 9.17) is 17.1 Å². The first-order valence-corrected chi connectivity index (χ1v) is 3.91. The van der Waals surface area contributed by atoms with Gasteiger partial charge >= 0.3 is 0 Å². The van der Waals surface area contributed by atoms with Crippen LogP contribution < -0.4 is 0 Å². The van der Waals surface area contributed by atoms with Gasteiger partial charge in [0.15, 0.2) is 0 Å². The van der Waals surface area contributed by atoms with Crippen LogP contribution in [0.2, 0.25) is 5.02 Å². The fraction of sp³-hybridized carbons (Fsp3) is 0.250. The Bertz CT molecular complexity index is 301. The Morgan fingerprint density at radius 3 is 2.50 bits per heavy atom. The molecule has 0 aromatic heterocycles. The third-order valence-corrected chi connectivity index (χ3v) is 1.83. The molecule has 1 rings (SSSR count). The smallest absolute Gasteiger partial charge is 0.0597 e. The van der Waals surface area contributed by atoms with Crippen molar-refractivity contribution in [2.75, 3.05) is 0 Å². The van der Waals surface area contributed by atoms with Gasteiger partial charge in [0.1, 0.15) is 0 Å². The predicted molar refractivity (Wildman–Crippen MR) is 49.0 cm³/mol. The van der Waals surface area contributed by atoms with Crippen molar-refractivity contribution in [3.8, 4) is 0 Å². The van der Waals surface area contributed by atoms with Crippen LogP contribution in [-0.4, -0.2) is 0 Å². The highest BCUT2D eigenvalue weighted by atomic mass is 35.5. The number of nitrogens with zero attached hydrogens (tertiary/aromatic N) is 3. The molecule has 0 saturated heterocycles. The zero-order chi connectivity index (χ0) is 8.97. The molecule has 0 aliphatic heterocycles. The molecule has 1 aromatic rings. The van der Waals surface area contributed by atoms with Crippen LogP contribution in [0.25, 0.3) is 10.4 Å². The quantitative estimate of drug-likeness (QED) is 0.379.